The number of benzene rings is 1. The van der Waals surface area contributed by atoms with Gasteiger partial charge in [0.2, 0.25) is 0 Å². The minimum Gasteiger partial charge on any atom is -0.275 e. The van der Waals surface area contributed by atoms with Gasteiger partial charge in [-0.05, 0) is 43.0 Å². The van der Waals surface area contributed by atoms with E-state index in [9.17, 15) is 22.4 Å². The number of hydrogen-bond donors (Lipinski definition) is 1. The van der Waals surface area contributed by atoms with Crippen molar-refractivity contribution >= 4 is 23.7 Å². The molecule has 134 valence electrons. The molecule has 1 amide bonds. The van der Waals surface area contributed by atoms with Gasteiger partial charge in [0.05, 0.1) is 5.02 Å². The van der Waals surface area contributed by atoms with Gasteiger partial charge in [-0.3, -0.25) is 20.0 Å². The highest BCUT2D eigenvalue weighted by atomic mass is 35.5. The molecule has 2 aliphatic rings. The molecule has 9 heteroatoms. The Balaban J connectivity index is 1.87. The predicted octanol–water partition coefficient (Wildman–Crippen LogP) is 3.72. The number of amides is 1. The van der Waals surface area contributed by atoms with Gasteiger partial charge in [-0.1, -0.05) is 17.7 Å². The minimum atomic E-state index is -5.01. The van der Waals surface area contributed by atoms with Crippen LogP contribution in [0.3, 0.4) is 0 Å². The number of allylic oxidation sites excluding steroid dienone is 1. The van der Waals surface area contributed by atoms with Crippen molar-refractivity contribution in [2.75, 3.05) is 0 Å². The molecule has 0 radical (unpaired) electrons. The van der Waals surface area contributed by atoms with Crippen molar-refractivity contribution in [2.45, 2.75) is 37.3 Å². The Labute approximate surface area is 146 Å². The number of halogens is 5. The summed E-state index contributed by atoms with van der Waals surface area (Å²) < 4.78 is 51.8. The number of aliphatic imine (C=N–C) groups is 1. The largest absolute Gasteiger partial charge is 0.471 e. The van der Waals surface area contributed by atoms with Gasteiger partial charge in [0, 0.05) is 18.0 Å². The Bertz CT molecular complexity index is 743. The Kier molecular flexibility index (Phi) is 4.59. The first-order valence-electron chi connectivity index (χ1n) is 7.56. The Morgan fingerprint density at radius 1 is 1.36 bits per heavy atom. The quantitative estimate of drug-likeness (QED) is 0.818. The summed E-state index contributed by atoms with van der Waals surface area (Å²) in [6.45, 7) is 0. The second-order valence-electron chi connectivity index (χ2n) is 5.93. The number of carbonyl (C=O) groups is 1. The summed E-state index contributed by atoms with van der Waals surface area (Å²) in [6.07, 6.45) is -0.554. The van der Waals surface area contributed by atoms with E-state index in [1.807, 2.05) is 0 Å². The number of nitrogens with one attached hydrogen (secondary N) is 1. The third kappa shape index (κ3) is 3.41. The molecule has 1 unspecified atom stereocenters. The molecule has 25 heavy (non-hydrogen) atoms. The summed E-state index contributed by atoms with van der Waals surface area (Å²) in [5, 5.41) is 2.94. The lowest BCUT2D eigenvalue weighted by molar-refractivity contribution is -0.185. The lowest BCUT2D eigenvalue weighted by Gasteiger charge is -2.46. The second kappa shape index (κ2) is 6.42. The molecule has 1 aromatic rings. The summed E-state index contributed by atoms with van der Waals surface area (Å²) in [7, 11) is 0. The van der Waals surface area contributed by atoms with Crippen LogP contribution in [0.1, 0.15) is 24.8 Å². The average Bonchev–Trinajstić information content (AvgIpc) is 2.52. The van der Waals surface area contributed by atoms with E-state index >= 15 is 0 Å². The van der Waals surface area contributed by atoms with E-state index in [1.54, 1.807) is 0 Å². The van der Waals surface area contributed by atoms with Crippen molar-refractivity contribution in [3.63, 3.8) is 0 Å². The molecule has 1 atom stereocenters. The normalized spacial score (nSPS) is 22.0. The molecule has 1 aliphatic heterocycles. The van der Waals surface area contributed by atoms with Gasteiger partial charge in [-0.2, -0.15) is 13.2 Å². The zero-order valence-corrected chi connectivity index (χ0v) is 13.6. The van der Waals surface area contributed by atoms with Crippen LogP contribution < -0.4 is 5.32 Å². The fraction of sp³-hybridized carbons (Fsp3) is 0.375. The SMILES string of the molecule is O=C(N1C=CC=NC1NC1(c2ccc(F)c(Cl)c2)CCC1)C(F)(F)F. The summed E-state index contributed by atoms with van der Waals surface area (Å²) in [5.74, 6) is -2.59. The molecule has 0 aromatic heterocycles. The maximum atomic E-state index is 13.4. The molecule has 1 aromatic carbocycles. The molecule has 0 bridgehead atoms. The molecule has 1 fully saturated rings. The van der Waals surface area contributed by atoms with Crippen LogP contribution in [0.25, 0.3) is 0 Å². The number of alkyl halides is 3. The van der Waals surface area contributed by atoms with E-state index in [-0.39, 0.29) is 5.02 Å². The van der Waals surface area contributed by atoms with Gasteiger partial charge in [0.15, 0.2) is 6.29 Å². The zero-order valence-electron chi connectivity index (χ0n) is 12.9. The topological polar surface area (TPSA) is 44.7 Å². The summed E-state index contributed by atoms with van der Waals surface area (Å²) in [6, 6.07) is 4.19. The first-order valence-corrected chi connectivity index (χ1v) is 7.93. The van der Waals surface area contributed by atoms with E-state index in [4.69, 9.17) is 11.6 Å². The van der Waals surface area contributed by atoms with Crippen molar-refractivity contribution in [2.24, 2.45) is 4.99 Å². The average molecular weight is 376 g/mol. The smallest absolute Gasteiger partial charge is 0.275 e. The van der Waals surface area contributed by atoms with Crippen LogP contribution in [0.4, 0.5) is 17.6 Å². The third-order valence-corrected chi connectivity index (χ3v) is 4.67. The van der Waals surface area contributed by atoms with Gasteiger partial charge < -0.3 is 0 Å². The molecule has 4 nitrogen and oxygen atoms in total. The standard InChI is InChI=1S/C16H14ClF4N3O/c17-11-9-10(3-4-12(11)18)15(5-1-6-15)23-14-22-7-2-8-24(14)13(25)16(19,20)21/h2-4,7-9,14,23H,1,5-6H2. The van der Waals surface area contributed by atoms with Crippen LogP contribution in [0.2, 0.25) is 5.02 Å². The lowest BCUT2D eigenvalue weighted by atomic mass is 9.71. The summed E-state index contributed by atoms with van der Waals surface area (Å²) in [5.41, 5.74) is -0.0661. The fourth-order valence-electron chi connectivity index (χ4n) is 2.94. The second-order valence-corrected chi connectivity index (χ2v) is 6.34. The predicted molar refractivity (Wildman–Crippen MR) is 84.4 cm³/mol. The molecule has 0 saturated heterocycles. The number of hydrogen-bond acceptors (Lipinski definition) is 3. The van der Waals surface area contributed by atoms with Gasteiger partial charge in [0.25, 0.3) is 0 Å². The molecule has 0 spiro atoms. The first-order chi connectivity index (χ1) is 11.7. The summed E-state index contributed by atoms with van der Waals surface area (Å²) >= 11 is 5.83. The molecule has 1 saturated carbocycles. The maximum Gasteiger partial charge on any atom is 0.471 e. The van der Waals surface area contributed by atoms with E-state index in [0.717, 1.165) is 12.6 Å². The van der Waals surface area contributed by atoms with Crippen LogP contribution in [-0.4, -0.2) is 29.5 Å². The van der Waals surface area contributed by atoms with E-state index in [1.165, 1.54) is 30.5 Å². The molecular weight excluding hydrogens is 362 g/mol. The molecule has 1 aliphatic carbocycles. The van der Waals surface area contributed by atoms with Gasteiger partial charge in [-0.25, -0.2) is 4.39 Å². The highest BCUT2D eigenvalue weighted by Crippen LogP contribution is 2.43. The molecular formula is C16H14ClF4N3O. The van der Waals surface area contributed by atoms with Crippen LogP contribution in [0.15, 0.2) is 35.5 Å². The Hall–Kier alpha value is -1.93. The number of nitrogens with zero attached hydrogens (tertiary/aromatic N) is 2. The monoisotopic (exact) mass is 375 g/mol. The Morgan fingerprint density at radius 3 is 2.64 bits per heavy atom. The van der Waals surface area contributed by atoms with E-state index in [2.05, 4.69) is 10.3 Å². The van der Waals surface area contributed by atoms with Crippen LogP contribution in [0.5, 0.6) is 0 Å². The molecule has 1 N–H and O–H groups in total. The van der Waals surface area contributed by atoms with Gasteiger partial charge in [-0.15, -0.1) is 0 Å². The minimum absolute atomic E-state index is 0.0687. The highest BCUT2D eigenvalue weighted by molar-refractivity contribution is 6.30. The van der Waals surface area contributed by atoms with Gasteiger partial charge >= 0.3 is 12.1 Å². The van der Waals surface area contributed by atoms with E-state index in [0.29, 0.717) is 23.3 Å². The number of carbonyl (C=O) groups excluding carboxylic acids is 1. The zero-order chi connectivity index (χ0) is 18.2. The van der Waals surface area contributed by atoms with Crippen molar-refractivity contribution in [3.8, 4) is 0 Å². The maximum absolute atomic E-state index is 13.4. The van der Waals surface area contributed by atoms with Crippen molar-refractivity contribution in [1.82, 2.24) is 10.2 Å². The third-order valence-electron chi connectivity index (χ3n) is 4.39. The van der Waals surface area contributed by atoms with Gasteiger partial charge in [0.1, 0.15) is 5.82 Å². The van der Waals surface area contributed by atoms with E-state index < -0.39 is 29.7 Å². The van der Waals surface area contributed by atoms with Crippen LogP contribution in [-0.2, 0) is 10.3 Å². The lowest BCUT2D eigenvalue weighted by Crippen LogP contribution is -2.59. The first kappa shape index (κ1) is 17.9. The van der Waals surface area contributed by atoms with Crippen LogP contribution >= 0.6 is 11.6 Å². The fourth-order valence-corrected chi connectivity index (χ4v) is 3.12. The highest BCUT2D eigenvalue weighted by Gasteiger charge is 2.47. The summed E-state index contributed by atoms with van der Waals surface area (Å²) in [4.78, 5) is 16.1. The van der Waals surface area contributed by atoms with Crippen molar-refractivity contribution in [1.29, 1.82) is 0 Å². The van der Waals surface area contributed by atoms with Crippen LogP contribution in [0, 0.1) is 5.82 Å². The molecule has 1 heterocycles. The Morgan fingerprint density at radius 2 is 2.08 bits per heavy atom. The van der Waals surface area contributed by atoms with Crippen molar-refractivity contribution in [3.05, 3.63) is 46.9 Å². The molecule has 3 rings (SSSR count). The number of rotatable bonds is 3. The van der Waals surface area contributed by atoms with Crippen molar-refractivity contribution < 1.29 is 22.4 Å².